The van der Waals surface area contributed by atoms with Gasteiger partial charge in [0.05, 0.1) is 25.5 Å². The van der Waals surface area contributed by atoms with Gasteiger partial charge in [0.1, 0.15) is 18.1 Å². The van der Waals surface area contributed by atoms with E-state index in [0.29, 0.717) is 12.2 Å². The number of H-pyrrole nitrogens is 1. The predicted octanol–water partition coefficient (Wildman–Crippen LogP) is -2.77. The number of benzene rings is 1. The Hall–Kier alpha value is -4.62. The summed E-state index contributed by atoms with van der Waals surface area (Å²) in [5.41, 5.74) is 12.2. The van der Waals surface area contributed by atoms with Crippen molar-refractivity contribution in [2.45, 2.75) is 50.9 Å². The minimum absolute atomic E-state index is 0.0191. The first-order valence-electron chi connectivity index (χ1n) is 14.9. The molecule has 1 aromatic heterocycles. The quantitative estimate of drug-likeness (QED) is 0.0474. The van der Waals surface area contributed by atoms with Crippen LogP contribution in [0.4, 0.5) is 0 Å². The van der Waals surface area contributed by atoms with E-state index in [9.17, 15) is 33.6 Å². The zero-order valence-electron chi connectivity index (χ0n) is 26.6. The Morgan fingerprint density at radius 2 is 1.44 bits per heavy atom. The Labute approximate surface area is 285 Å². The van der Waals surface area contributed by atoms with E-state index in [0.717, 1.165) is 27.2 Å². The first kappa shape index (κ1) is 39.6. The summed E-state index contributed by atoms with van der Waals surface area (Å²) in [5.74, 6) is -4.13. The number of aromatic amines is 1. The van der Waals surface area contributed by atoms with Crippen molar-refractivity contribution in [1.82, 2.24) is 41.9 Å². The van der Waals surface area contributed by atoms with Crippen molar-refractivity contribution in [2.75, 3.05) is 31.1 Å². The average Bonchev–Trinajstić information content (AvgIpc) is 3.57. The Morgan fingerprint density at radius 1 is 0.792 bits per heavy atom. The van der Waals surface area contributed by atoms with Crippen LogP contribution in [0.25, 0.3) is 0 Å². The maximum absolute atomic E-state index is 13.7. The van der Waals surface area contributed by atoms with Crippen molar-refractivity contribution in [3.63, 3.8) is 0 Å². The lowest BCUT2D eigenvalue weighted by Crippen LogP contribution is -2.58. The molecule has 48 heavy (non-hydrogen) atoms. The number of nitrogens with zero attached hydrogens (tertiary/aromatic N) is 1. The standard InChI is InChI=1S/C29H42N10O7S2/c1-3-33-27(44)21(9-18-7-5-4-6-8-18)38-28(45)22(10-19-11-32-16-36-19)39-29(46)23(37-25(42)13-34-17(2)40)15-48-47-14-20(30)26(43)35-12-24(31)41/h4-8,11,16,20-23H,3,9-10,12-15,30H2,1-2H3,(H2,31,41)(H,32,36)(H,33,44)(H,34,40)(H,35,43)(H,37,42)(H,38,45)(H,39,46)/t20-,21+,22-,23-/m0/s1. The third-order valence-corrected chi connectivity index (χ3v) is 8.82. The SMILES string of the molecule is CCNC(=O)[C@@H](Cc1ccccc1)NC(=O)[C@H](Cc1cnc[nH]1)NC(=O)[C@H](CSSC[C@H](N)C(=O)NCC(N)=O)NC(=O)CNC(C)=O. The summed E-state index contributed by atoms with van der Waals surface area (Å²) in [6.07, 6.45) is 3.08. The molecule has 0 aliphatic heterocycles. The van der Waals surface area contributed by atoms with Gasteiger partial charge in [-0.25, -0.2) is 4.98 Å². The van der Waals surface area contributed by atoms with Gasteiger partial charge >= 0.3 is 0 Å². The van der Waals surface area contributed by atoms with Gasteiger partial charge in [-0.2, -0.15) is 0 Å². The summed E-state index contributed by atoms with van der Waals surface area (Å²) >= 11 is 0. The molecule has 1 heterocycles. The van der Waals surface area contributed by atoms with E-state index in [2.05, 4.69) is 41.9 Å². The van der Waals surface area contributed by atoms with Crippen molar-refractivity contribution in [2.24, 2.45) is 11.5 Å². The van der Waals surface area contributed by atoms with Crippen LogP contribution in [-0.2, 0) is 46.4 Å². The second-order valence-electron chi connectivity index (χ2n) is 10.4. The van der Waals surface area contributed by atoms with E-state index in [1.54, 1.807) is 6.92 Å². The number of carbonyl (C=O) groups is 7. The third-order valence-electron chi connectivity index (χ3n) is 6.37. The van der Waals surface area contributed by atoms with Crippen molar-refractivity contribution >= 4 is 62.9 Å². The molecule has 2 rings (SSSR count). The van der Waals surface area contributed by atoms with Gasteiger partial charge in [0.25, 0.3) is 0 Å². The van der Waals surface area contributed by atoms with Gasteiger partial charge < -0.3 is 48.4 Å². The first-order chi connectivity index (χ1) is 22.9. The lowest BCUT2D eigenvalue weighted by molar-refractivity contribution is -0.133. The molecule has 0 fully saturated rings. The van der Waals surface area contributed by atoms with E-state index in [1.165, 1.54) is 19.4 Å². The molecule has 11 N–H and O–H groups in total. The van der Waals surface area contributed by atoms with E-state index in [-0.39, 0.29) is 30.9 Å². The van der Waals surface area contributed by atoms with Crippen LogP contribution in [0.15, 0.2) is 42.9 Å². The number of hydrogen-bond donors (Lipinski definition) is 9. The molecule has 17 nitrogen and oxygen atoms in total. The van der Waals surface area contributed by atoms with E-state index >= 15 is 0 Å². The monoisotopic (exact) mass is 706 g/mol. The first-order valence-corrected chi connectivity index (χ1v) is 17.4. The predicted molar refractivity (Wildman–Crippen MR) is 181 cm³/mol. The van der Waals surface area contributed by atoms with E-state index in [4.69, 9.17) is 11.5 Å². The number of hydrogen-bond acceptors (Lipinski definition) is 11. The third kappa shape index (κ3) is 15.3. The van der Waals surface area contributed by atoms with Gasteiger partial charge in [0, 0.05) is 49.7 Å². The molecule has 0 spiro atoms. The van der Waals surface area contributed by atoms with Crippen LogP contribution in [0.1, 0.15) is 25.1 Å². The zero-order chi connectivity index (χ0) is 35.5. The molecule has 0 aliphatic rings. The lowest BCUT2D eigenvalue weighted by atomic mass is 10.0. The molecule has 2 aromatic rings. The number of carbonyl (C=O) groups excluding carboxylic acids is 7. The number of nitrogens with one attached hydrogen (secondary N) is 7. The largest absolute Gasteiger partial charge is 0.368 e. The lowest BCUT2D eigenvalue weighted by Gasteiger charge is -2.25. The van der Waals surface area contributed by atoms with E-state index in [1.807, 2.05) is 30.3 Å². The van der Waals surface area contributed by atoms with Crippen molar-refractivity contribution in [3.8, 4) is 0 Å². The normalized spacial score (nSPS) is 13.1. The highest BCUT2D eigenvalue weighted by Crippen LogP contribution is 2.23. The van der Waals surface area contributed by atoms with Crippen LogP contribution in [-0.4, -0.2) is 107 Å². The van der Waals surface area contributed by atoms with Crippen LogP contribution in [0.5, 0.6) is 0 Å². The molecule has 4 atom stereocenters. The molecule has 262 valence electrons. The minimum atomic E-state index is -1.19. The number of primary amides is 1. The Kier molecular flexibility index (Phi) is 17.5. The van der Waals surface area contributed by atoms with Crippen molar-refractivity contribution in [1.29, 1.82) is 0 Å². The maximum atomic E-state index is 13.7. The van der Waals surface area contributed by atoms with Gasteiger partial charge in [-0.3, -0.25) is 33.6 Å². The van der Waals surface area contributed by atoms with Crippen molar-refractivity contribution < 1.29 is 33.6 Å². The van der Waals surface area contributed by atoms with Crippen molar-refractivity contribution in [3.05, 3.63) is 54.1 Å². The summed E-state index contributed by atoms with van der Waals surface area (Å²) in [4.78, 5) is 93.9. The molecule has 0 aliphatic carbocycles. The highest BCUT2D eigenvalue weighted by molar-refractivity contribution is 8.76. The second-order valence-corrected chi connectivity index (χ2v) is 12.9. The number of likely N-dealkylation sites (N-methyl/N-ethyl adjacent to an activating group) is 1. The van der Waals surface area contributed by atoms with Crippen LogP contribution in [0, 0.1) is 0 Å². The molecule has 0 bridgehead atoms. The zero-order valence-corrected chi connectivity index (χ0v) is 28.2. The minimum Gasteiger partial charge on any atom is -0.368 e. The summed E-state index contributed by atoms with van der Waals surface area (Å²) in [5, 5.41) is 15.3. The molecular formula is C29H42N10O7S2. The fourth-order valence-corrected chi connectivity index (χ4v) is 6.26. The Balaban J connectivity index is 2.19. The van der Waals surface area contributed by atoms with Gasteiger partial charge in [-0.15, -0.1) is 0 Å². The molecule has 0 unspecified atom stereocenters. The molecule has 1 aromatic carbocycles. The van der Waals surface area contributed by atoms with E-state index < -0.39 is 72.1 Å². The number of imidazole rings is 1. The number of nitrogens with two attached hydrogens (primary N) is 2. The summed E-state index contributed by atoms with van der Waals surface area (Å²) < 4.78 is 0. The highest BCUT2D eigenvalue weighted by Gasteiger charge is 2.30. The topological polar surface area (TPSA) is 272 Å². The van der Waals surface area contributed by atoms with Gasteiger partial charge in [-0.1, -0.05) is 51.9 Å². The van der Waals surface area contributed by atoms with Crippen LogP contribution in [0.2, 0.25) is 0 Å². The van der Waals surface area contributed by atoms with Gasteiger partial charge in [0.2, 0.25) is 41.4 Å². The fraction of sp³-hybridized carbons (Fsp3) is 0.448. The van der Waals surface area contributed by atoms with Crippen LogP contribution < -0.4 is 43.4 Å². The Bertz CT molecular complexity index is 1380. The molecule has 0 saturated carbocycles. The molecule has 19 heteroatoms. The Morgan fingerprint density at radius 3 is 2.04 bits per heavy atom. The van der Waals surface area contributed by atoms with Gasteiger partial charge in [-0.05, 0) is 12.5 Å². The highest BCUT2D eigenvalue weighted by atomic mass is 33.1. The number of amides is 7. The maximum Gasteiger partial charge on any atom is 0.244 e. The summed E-state index contributed by atoms with van der Waals surface area (Å²) in [6.45, 7) is 2.57. The summed E-state index contributed by atoms with van der Waals surface area (Å²) in [7, 11) is 2.26. The second kappa shape index (κ2) is 21.3. The fourth-order valence-electron chi connectivity index (χ4n) is 3.98. The molecule has 7 amide bonds. The number of aromatic nitrogens is 2. The molecule has 0 radical (unpaired) electrons. The number of rotatable bonds is 21. The van der Waals surface area contributed by atoms with Crippen LogP contribution in [0.3, 0.4) is 0 Å². The summed E-state index contributed by atoms with van der Waals surface area (Å²) in [6, 6.07) is 4.79. The molecule has 0 saturated heterocycles. The van der Waals surface area contributed by atoms with Gasteiger partial charge in [0.15, 0.2) is 0 Å². The molecular weight excluding hydrogens is 665 g/mol. The smallest absolute Gasteiger partial charge is 0.244 e. The van der Waals surface area contributed by atoms with Crippen LogP contribution >= 0.6 is 21.6 Å². The average molecular weight is 707 g/mol.